The van der Waals surface area contributed by atoms with E-state index in [4.69, 9.17) is 0 Å². The number of likely N-dealkylation sites (tertiary alicyclic amines) is 1. The SMILES string of the molecule is Cc1cc(N(C)C2CCN(C)CC2)c(C(=O)O)c(C)n1. The zero-order valence-electron chi connectivity index (χ0n) is 12.7. The van der Waals surface area contributed by atoms with E-state index in [0.717, 1.165) is 37.3 Å². The van der Waals surface area contributed by atoms with Crippen LogP contribution in [0.1, 0.15) is 34.6 Å². The van der Waals surface area contributed by atoms with E-state index in [1.165, 1.54) is 0 Å². The Morgan fingerprint density at radius 3 is 2.55 bits per heavy atom. The van der Waals surface area contributed by atoms with Crippen LogP contribution in [0.2, 0.25) is 0 Å². The molecule has 0 spiro atoms. The largest absolute Gasteiger partial charge is 0.478 e. The molecule has 0 unspecified atom stereocenters. The molecular formula is C15H23N3O2. The summed E-state index contributed by atoms with van der Waals surface area (Å²) in [5.74, 6) is -0.898. The lowest BCUT2D eigenvalue weighted by Crippen LogP contribution is -2.42. The summed E-state index contributed by atoms with van der Waals surface area (Å²) in [6, 6.07) is 2.28. The van der Waals surface area contributed by atoms with Crippen LogP contribution in [0.3, 0.4) is 0 Å². The number of aromatic nitrogens is 1. The Bertz CT molecular complexity index is 508. The van der Waals surface area contributed by atoms with Crippen LogP contribution >= 0.6 is 0 Å². The number of hydrogen-bond donors (Lipinski definition) is 1. The molecule has 1 fully saturated rings. The molecule has 0 aromatic carbocycles. The average molecular weight is 277 g/mol. The molecule has 2 heterocycles. The van der Waals surface area contributed by atoms with E-state index in [1.54, 1.807) is 6.92 Å². The first-order chi connectivity index (χ1) is 9.40. The van der Waals surface area contributed by atoms with Gasteiger partial charge >= 0.3 is 5.97 Å². The van der Waals surface area contributed by atoms with Gasteiger partial charge in [0.1, 0.15) is 5.56 Å². The molecule has 0 bridgehead atoms. The maximum atomic E-state index is 11.5. The van der Waals surface area contributed by atoms with E-state index in [1.807, 2.05) is 20.0 Å². The first-order valence-electron chi connectivity index (χ1n) is 7.03. The quantitative estimate of drug-likeness (QED) is 0.915. The number of aromatic carboxylic acids is 1. The Hall–Kier alpha value is -1.62. The molecule has 1 aromatic rings. The summed E-state index contributed by atoms with van der Waals surface area (Å²) in [4.78, 5) is 20.2. The smallest absolute Gasteiger partial charge is 0.339 e. The molecule has 110 valence electrons. The van der Waals surface area contributed by atoms with Crippen LogP contribution in [0.25, 0.3) is 0 Å². The van der Waals surface area contributed by atoms with Gasteiger partial charge in [0.05, 0.1) is 11.4 Å². The second-order valence-corrected chi connectivity index (χ2v) is 5.69. The Labute approximate surface area is 120 Å². The number of aryl methyl sites for hydroxylation is 2. The normalized spacial score (nSPS) is 17.2. The third-order valence-corrected chi connectivity index (χ3v) is 4.14. The lowest BCUT2D eigenvalue weighted by molar-refractivity contribution is 0.0696. The Morgan fingerprint density at radius 2 is 2.00 bits per heavy atom. The molecule has 0 amide bonds. The van der Waals surface area contributed by atoms with E-state index >= 15 is 0 Å². The fourth-order valence-electron chi connectivity index (χ4n) is 2.93. The van der Waals surface area contributed by atoms with Crippen LogP contribution in [-0.2, 0) is 0 Å². The van der Waals surface area contributed by atoms with Gasteiger partial charge in [0.25, 0.3) is 0 Å². The molecule has 0 saturated carbocycles. The van der Waals surface area contributed by atoms with Crippen LogP contribution in [0.5, 0.6) is 0 Å². The number of pyridine rings is 1. The average Bonchev–Trinajstić information content (AvgIpc) is 2.37. The summed E-state index contributed by atoms with van der Waals surface area (Å²) < 4.78 is 0. The van der Waals surface area contributed by atoms with Crippen LogP contribution in [0.15, 0.2) is 6.07 Å². The van der Waals surface area contributed by atoms with Gasteiger partial charge in [-0.3, -0.25) is 4.98 Å². The third-order valence-electron chi connectivity index (χ3n) is 4.14. The topological polar surface area (TPSA) is 56.7 Å². The van der Waals surface area contributed by atoms with Crippen molar-refractivity contribution >= 4 is 11.7 Å². The van der Waals surface area contributed by atoms with E-state index in [-0.39, 0.29) is 0 Å². The van der Waals surface area contributed by atoms with Crippen molar-refractivity contribution in [3.8, 4) is 0 Å². The van der Waals surface area contributed by atoms with Crippen LogP contribution < -0.4 is 4.90 Å². The summed E-state index contributed by atoms with van der Waals surface area (Å²) in [5, 5.41) is 9.45. The zero-order chi connectivity index (χ0) is 14.9. The minimum atomic E-state index is -0.898. The van der Waals surface area contributed by atoms with Crippen LogP contribution in [0.4, 0.5) is 5.69 Å². The van der Waals surface area contributed by atoms with E-state index in [0.29, 0.717) is 17.3 Å². The fraction of sp³-hybridized carbons (Fsp3) is 0.600. The molecule has 1 N–H and O–H groups in total. The second kappa shape index (κ2) is 5.79. The number of anilines is 1. The highest BCUT2D eigenvalue weighted by Gasteiger charge is 2.25. The number of hydrogen-bond acceptors (Lipinski definition) is 4. The van der Waals surface area contributed by atoms with Crippen molar-refractivity contribution in [2.75, 3.05) is 32.1 Å². The van der Waals surface area contributed by atoms with Gasteiger partial charge in [0.2, 0.25) is 0 Å². The highest BCUT2D eigenvalue weighted by Crippen LogP contribution is 2.27. The molecule has 0 atom stereocenters. The van der Waals surface area contributed by atoms with Gasteiger partial charge in [-0.2, -0.15) is 0 Å². The fourth-order valence-corrected chi connectivity index (χ4v) is 2.93. The predicted octanol–water partition coefficient (Wildman–Crippen LogP) is 1.93. The summed E-state index contributed by atoms with van der Waals surface area (Å²) >= 11 is 0. The first-order valence-corrected chi connectivity index (χ1v) is 7.03. The second-order valence-electron chi connectivity index (χ2n) is 5.69. The zero-order valence-corrected chi connectivity index (χ0v) is 12.7. The van der Waals surface area contributed by atoms with E-state index < -0.39 is 5.97 Å². The number of carbonyl (C=O) groups is 1. The van der Waals surface area contributed by atoms with Crippen molar-refractivity contribution in [3.05, 3.63) is 23.0 Å². The standard InChI is InChI=1S/C15H23N3O2/c1-10-9-13(14(15(19)20)11(2)16-10)18(4)12-5-7-17(3)8-6-12/h9,12H,5-8H2,1-4H3,(H,19,20). The molecule has 5 heteroatoms. The summed E-state index contributed by atoms with van der Waals surface area (Å²) in [7, 11) is 4.12. The first kappa shape index (κ1) is 14.8. The van der Waals surface area contributed by atoms with Crippen molar-refractivity contribution in [2.24, 2.45) is 0 Å². The molecular weight excluding hydrogens is 254 g/mol. The summed E-state index contributed by atoms with van der Waals surface area (Å²) in [6.45, 7) is 5.79. The van der Waals surface area contributed by atoms with E-state index in [2.05, 4.69) is 21.8 Å². The Morgan fingerprint density at radius 1 is 1.40 bits per heavy atom. The highest BCUT2D eigenvalue weighted by molar-refractivity contribution is 5.95. The molecule has 1 aliphatic rings. The lowest BCUT2D eigenvalue weighted by atomic mass is 10.0. The van der Waals surface area contributed by atoms with E-state index in [9.17, 15) is 9.90 Å². The van der Waals surface area contributed by atoms with Gasteiger partial charge in [-0.25, -0.2) is 4.79 Å². The Kier molecular flexibility index (Phi) is 4.28. The Balaban J connectivity index is 2.33. The molecule has 1 aliphatic heterocycles. The van der Waals surface area contributed by atoms with Crippen LogP contribution in [-0.4, -0.2) is 54.2 Å². The van der Waals surface area contributed by atoms with Crippen molar-refractivity contribution in [1.82, 2.24) is 9.88 Å². The van der Waals surface area contributed by atoms with Gasteiger partial charge in [-0.15, -0.1) is 0 Å². The molecule has 0 radical (unpaired) electrons. The van der Waals surface area contributed by atoms with Gasteiger partial charge in [0.15, 0.2) is 0 Å². The van der Waals surface area contributed by atoms with Gasteiger partial charge in [0, 0.05) is 18.8 Å². The minimum Gasteiger partial charge on any atom is -0.478 e. The van der Waals surface area contributed by atoms with Gasteiger partial charge in [-0.1, -0.05) is 0 Å². The molecule has 20 heavy (non-hydrogen) atoms. The number of carboxylic acid groups (broad SMARTS) is 1. The summed E-state index contributed by atoms with van der Waals surface area (Å²) in [5.41, 5.74) is 2.57. The molecule has 2 rings (SSSR count). The monoisotopic (exact) mass is 277 g/mol. The molecule has 0 aliphatic carbocycles. The molecule has 5 nitrogen and oxygen atoms in total. The molecule has 1 aromatic heterocycles. The van der Waals surface area contributed by atoms with Crippen LogP contribution in [0, 0.1) is 13.8 Å². The van der Waals surface area contributed by atoms with Gasteiger partial charge in [-0.05, 0) is 52.9 Å². The minimum absolute atomic E-state index is 0.331. The predicted molar refractivity (Wildman–Crippen MR) is 79.6 cm³/mol. The maximum Gasteiger partial charge on any atom is 0.339 e. The number of carboxylic acids is 1. The van der Waals surface area contributed by atoms with Crippen molar-refractivity contribution in [1.29, 1.82) is 0 Å². The maximum absolute atomic E-state index is 11.5. The van der Waals surface area contributed by atoms with Gasteiger partial charge < -0.3 is 14.9 Å². The number of piperidine rings is 1. The molecule has 1 saturated heterocycles. The third kappa shape index (κ3) is 2.93. The highest BCUT2D eigenvalue weighted by atomic mass is 16.4. The van der Waals surface area contributed by atoms with Crippen molar-refractivity contribution < 1.29 is 9.90 Å². The van der Waals surface area contributed by atoms with Crippen molar-refractivity contribution in [2.45, 2.75) is 32.7 Å². The lowest BCUT2D eigenvalue weighted by Gasteiger charge is -2.37. The number of rotatable bonds is 3. The van der Waals surface area contributed by atoms with Crippen molar-refractivity contribution in [3.63, 3.8) is 0 Å². The number of nitrogens with zero attached hydrogens (tertiary/aromatic N) is 3. The summed E-state index contributed by atoms with van der Waals surface area (Å²) in [6.07, 6.45) is 2.12.